The van der Waals surface area contributed by atoms with Gasteiger partial charge in [-0.1, -0.05) is 0 Å². The number of hydrogen-bond donors (Lipinski definition) is 2. The van der Waals surface area contributed by atoms with Crippen LogP contribution in [-0.2, 0) is 29.0 Å². The average molecular weight is 364 g/mol. The monoisotopic (exact) mass is 364 g/mol. The van der Waals surface area contributed by atoms with E-state index in [1.165, 1.54) is 12.8 Å². The summed E-state index contributed by atoms with van der Waals surface area (Å²) in [6.07, 6.45) is 6.97. The molecule has 3 heterocycles. The maximum Gasteiger partial charge on any atom is 0.191 e. The zero-order valence-electron chi connectivity index (χ0n) is 15.9. The Hall–Kier alpha value is -1.67. The van der Waals surface area contributed by atoms with Crippen LogP contribution in [0.5, 0.6) is 0 Å². The van der Waals surface area contributed by atoms with Crippen LogP contribution in [0.2, 0.25) is 0 Å². The quantitative estimate of drug-likeness (QED) is 0.390. The number of aliphatic imine (C=N–C) groups is 1. The molecule has 8 heteroatoms. The Morgan fingerprint density at radius 1 is 1.31 bits per heavy atom. The molecule has 2 aliphatic heterocycles. The maximum absolute atomic E-state index is 5.69. The van der Waals surface area contributed by atoms with Crippen molar-refractivity contribution in [3.63, 3.8) is 0 Å². The van der Waals surface area contributed by atoms with Gasteiger partial charge in [0.1, 0.15) is 12.4 Å². The van der Waals surface area contributed by atoms with Crippen molar-refractivity contribution in [2.45, 2.75) is 64.6 Å². The fourth-order valence-corrected chi connectivity index (χ4v) is 3.35. The minimum atomic E-state index is 0.302. The first-order chi connectivity index (χ1) is 12.9. The second kappa shape index (κ2) is 10.5. The SMILES string of the molecule is CCNC(=NCc1nnc2n1CCCC2)NCCCOCC1CCCO1. The van der Waals surface area contributed by atoms with Crippen LogP contribution in [0.4, 0.5) is 0 Å². The Kier molecular flexibility index (Phi) is 7.69. The highest BCUT2D eigenvalue weighted by molar-refractivity contribution is 5.79. The fourth-order valence-electron chi connectivity index (χ4n) is 3.35. The zero-order valence-corrected chi connectivity index (χ0v) is 15.9. The third-order valence-corrected chi connectivity index (χ3v) is 4.74. The van der Waals surface area contributed by atoms with Crippen molar-refractivity contribution in [2.75, 3.05) is 32.9 Å². The first-order valence-electron chi connectivity index (χ1n) is 9.99. The van der Waals surface area contributed by atoms with Crippen molar-refractivity contribution in [1.82, 2.24) is 25.4 Å². The molecule has 1 unspecified atom stereocenters. The van der Waals surface area contributed by atoms with Crippen LogP contribution in [0.3, 0.4) is 0 Å². The number of nitrogens with zero attached hydrogens (tertiary/aromatic N) is 4. The van der Waals surface area contributed by atoms with Crippen LogP contribution >= 0.6 is 0 Å². The first-order valence-corrected chi connectivity index (χ1v) is 9.99. The second-order valence-corrected chi connectivity index (χ2v) is 6.83. The van der Waals surface area contributed by atoms with Crippen LogP contribution in [0.25, 0.3) is 0 Å². The molecule has 1 atom stereocenters. The highest BCUT2D eigenvalue weighted by atomic mass is 16.5. The number of fused-ring (bicyclic) bond motifs is 1. The molecule has 0 amide bonds. The molecular formula is C18H32N6O2. The molecule has 1 fully saturated rings. The number of rotatable bonds is 9. The molecule has 8 nitrogen and oxygen atoms in total. The van der Waals surface area contributed by atoms with E-state index in [-0.39, 0.29) is 0 Å². The molecule has 26 heavy (non-hydrogen) atoms. The molecule has 1 aromatic heterocycles. The second-order valence-electron chi connectivity index (χ2n) is 6.83. The minimum absolute atomic E-state index is 0.302. The average Bonchev–Trinajstić information content (AvgIpc) is 3.32. The summed E-state index contributed by atoms with van der Waals surface area (Å²) < 4.78 is 13.5. The molecule has 0 bridgehead atoms. The summed E-state index contributed by atoms with van der Waals surface area (Å²) in [6, 6.07) is 0. The standard InChI is InChI=1S/C18H32N6O2/c1-2-19-18(20-9-6-11-25-14-15-7-5-12-26-15)21-13-17-23-22-16-8-3-4-10-24(16)17/h15H,2-14H2,1H3,(H2,19,20,21). The van der Waals surface area contributed by atoms with Crippen molar-refractivity contribution < 1.29 is 9.47 Å². The molecule has 0 aliphatic carbocycles. The Balaban J connectivity index is 1.37. The molecule has 3 rings (SSSR count). The highest BCUT2D eigenvalue weighted by Gasteiger charge is 2.16. The molecule has 0 saturated carbocycles. The Bertz CT molecular complexity index is 568. The summed E-state index contributed by atoms with van der Waals surface area (Å²) in [7, 11) is 0. The first kappa shape index (κ1) is 19.1. The number of guanidine groups is 1. The topological polar surface area (TPSA) is 85.6 Å². The Morgan fingerprint density at radius 2 is 2.27 bits per heavy atom. The predicted octanol–water partition coefficient (Wildman–Crippen LogP) is 1.26. The lowest BCUT2D eigenvalue weighted by Gasteiger charge is -2.15. The largest absolute Gasteiger partial charge is 0.379 e. The van der Waals surface area contributed by atoms with Gasteiger partial charge in [-0.3, -0.25) is 0 Å². The van der Waals surface area contributed by atoms with Crippen molar-refractivity contribution in [2.24, 2.45) is 4.99 Å². The Labute approximate surface area is 155 Å². The lowest BCUT2D eigenvalue weighted by Crippen LogP contribution is -2.38. The number of aromatic nitrogens is 3. The van der Waals surface area contributed by atoms with E-state index in [0.29, 0.717) is 19.3 Å². The summed E-state index contributed by atoms with van der Waals surface area (Å²) >= 11 is 0. The van der Waals surface area contributed by atoms with E-state index in [2.05, 4.69) is 37.3 Å². The van der Waals surface area contributed by atoms with Crippen molar-refractivity contribution >= 4 is 5.96 Å². The Morgan fingerprint density at radius 3 is 3.12 bits per heavy atom. The van der Waals surface area contributed by atoms with Gasteiger partial charge in [-0.15, -0.1) is 10.2 Å². The lowest BCUT2D eigenvalue weighted by atomic mass is 10.2. The number of ether oxygens (including phenoxy) is 2. The third-order valence-electron chi connectivity index (χ3n) is 4.74. The normalized spacial score (nSPS) is 20.2. The molecule has 0 aromatic carbocycles. The molecule has 0 radical (unpaired) electrons. The molecule has 1 aromatic rings. The van der Waals surface area contributed by atoms with Crippen molar-refractivity contribution in [3.8, 4) is 0 Å². The minimum Gasteiger partial charge on any atom is -0.379 e. The van der Waals surface area contributed by atoms with Gasteiger partial charge in [-0.05, 0) is 39.0 Å². The van der Waals surface area contributed by atoms with Crippen molar-refractivity contribution in [1.29, 1.82) is 0 Å². The smallest absolute Gasteiger partial charge is 0.191 e. The van der Waals surface area contributed by atoms with Crippen LogP contribution in [0, 0.1) is 0 Å². The van der Waals surface area contributed by atoms with Gasteiger partial charge in [-0.2, -0.15) is 0 Å². The molecule has 1 saturated heterocycles. The van der Waals surface area contributed by atoms with E-state index in [1.54, 1.807) is 0 Å². The van der Waals surface area contributed by atoms with Gasteiger partial charge in [-0.25, -0.2) is 4.99 Å². The highest BCUT2D eigenvalue weighted by Crippen LogP contribution is 2.14. The molecule has 2 N–H and O–H groups in total. The van der Waals surface area contributed by atoms with Gasteiger partial charge < -0.3 is 24.7 Å². The number of aryl methyl sites for hydroxylation is 1. The van der Waals surface area contributed by atoms with Gasteiger partial charge in [0.15, 0.2) is 11.8 Å². The van der Waals surface area contributed by atoms with Gasteiger partial charge in [0.05, 0.1) is 12.7 Å². The molecule has 0 spiro atoms. The van der Waals surface area contributed by atoms with Gasteiger partial charge >= 0.3 is 0 Å². The summed E-state index contributed by atoms with van der Waals surface area (Å²) in [5.41, 5.74) is 0. The van der Waals surface area contributed by atoms with Crippen LogP contribution < -0.4 is 10.6 Å². The molecule has 146 valence electrons. The van der Waals surface area contributed by atoms with E-state index in [0.717, 1.165) is 76.1 Å². The van der Waals surface area contributed by atoms with E-state index >= 15 is 0 Å². The maximum atomic E-state index is 5.69. The van der Waals surface area contributed by atoms with E-state index in [4.69, 9.17) is 9.47 Å². The number of hydrogen-bond acceptors (Lipinski definition) is 5. The van der Waals surface area contributed by atoms with Crippen LogP contribution in [-0.4, -0.2) is 59.7 Å². The van der Waals surface area contributed by atoms with Gasteiger partial charge in [0.25, 0.3) is 0 Å². The summed E-state index contributed by atoms with van der Waals surface area (Å²) in [4.78, 5) is 4.66. The molecular weight excluding hydrogens is 332 g/mol. The van der Waals surface area contributed by atoms with Gasteiger partial charge in [0.2, 0.25) is 0 Å². The third kappa shape index (κ3) is 5.67. The van der Waals surface area contributed by atoms with E-state index in [1.807, 2.05) is 0 Å². The summed E-state index contributed by atoms with van der Waals surface area (Å²) in [5.74, 6) is 2.87. The fraction of sp³-hybridized carbons (Fsp3) is 0.833. The molecule has 2 aliphatic rings. The summed E-state index contributed by atoms with van der Waals surface area (Å²) in [6.45, 7) is 7.63. The van der Waals surface area contributed by atoms with Crippen molar-refractivity contribution in [3.05, 3.63) is 11.6 Å². The predicted molar refractivity (Wildman–Crippen MR) is 100 cm³/mol. The van der Waals surface area contributed by atoms with E-state index < -0.39 is 0 Å². The number of nitrogens with one attached hydrogen (secondary N) is 2. The van der Waals surface area contributed by atoms with Crippen LogP contribution in [0.15, 0.2) is 4.99 Å². The van der Waals surface area contributed by atoms with E-state index in [9.17, 15) is 0 Å². The lowest BCUT2D eigenvalue weighted by molar-refractivity contribution is 0.0168. The van der Waals surface area contributed by atoms with Gasteiger partial charge in [0, 0.05) is 39.3 Å². The summed E-state index contributed by atoms with van der Waals surface area (Å²) in [5, 5.41) is 15.2. The van der Waals surface area contributed by atoms with Crippen LogP contribution in [0.1, 0.15) is 50.7 Å². The zero-order chi connectivity index (χ0) is 18.0.